The maximum atomic E-state index is 10.1. The third kappa shape index (κ3) is 7.15. The van der Waals surface area contributed by atoms with E-state index in [-0.39, 0.29) is 8.69 Å². The van der Waals surface area contributed by atoms with E-state index in [1.807, 2.05) is 11.8 Å². The topological polar surface area (TPSA) is 26.3 Å². The first kappa shape index (κ1) is 15.7. The molecule has 0 saturated heterocycles. The molecule has 2 nitrogen and oxygen atoms in total. The Labute approximate surface area is 116 Å². The maximum Gasteiger partial charge on any atom is 0.327 e. The van der Waals surface area contributed by atoms with E-state index in [9.17, 15) is 4.57 Å². The molecule has 0 bridgehead atoms. The van der Waals surface area contributed by atoms with Crippen LogP contribution >= 0.6 is 20.4 Å². The van der Waals surface area contributed by atoms with Gasteiger partial charge in [-0.15, -0.1) is 11.8 Å². The van der Waals surface area contributed by atoms with Gasteiger partial charge in [0.05, 0.1) is 6.61 Å². The molecule has 18 heavy (non-hydrogen) atoms. The van der Waals surface area contributed by atoms with E-state index in [2.05, 4.69) is 37.3 Å². The van der Waals surface area contributed by atoms with Gasteiger partial charge in [0.25, 0.3) is 0 Å². The molecule has 0 aliphatic heterocycles. The summed E-state index contributed by atoms with van der Waals surface area (Å²) in [7, 11) is -0.198. The fraction of sp³-hybridized carbons (Fsp3) is 0.571. The highest BCUT2D eigenvalue weighted by Gasteiger charge is 2.09. The molecular formula is C14H21O2PS. The lowest BCUT2D eigenvalue weighted by atomic mass is 10.1. The lowest BCUT2D eigenvalue weighted by Gasteiger charge is -2.15. The summed E-state index contributed by atoms with van der Waals surface area (Å²) in [5, 5.41) is 0.683. The molecule has 0 aliphatic rings. The van der Waals surface area contributed by atoms with Crippen molar-refractivity contribution in [3.05, 3.63) is 30.3 Å². The Balaban J connectivity index is 2.28. The van der Waals surface area contributed by atoms with Crippen molar-refractivity contribution >= 4 is 20.4 Å². The van der Waals surface area contributed by atoms with Gasteiger partial charge >= 0.3 is 8.69 Å². The maximum absolute atomic E-state index is 10.1. The normalized spacial score (nSPS) is 12.7. The Hall–Kier alpha value is -0.370. The van der Waals surface area contributed by atoms with Crippen molar-refractivity contribution < 1.29 is 9.09 Å². The van der Waals surface area contributed by atoms with E-state index in [1.165, 1.54) is 24.2 Å². The highest BCUT2D eigenvalue weighted by Crippen LogP contribution is 2.29. The molecule has 1 rings (SSSR count). The molecule has 1 aromatic carbocycles. The summed E-state index contributed by atoms with van der Waals surface area (Å²) in [5.41, 5.74) is 0. The molecule has 0 fully saturated rings. The van der Waals surface area contributed by atoms with E-state index in [4.69, 9.17) is 4.52 Å². The van der Waals surface area contributed by atoms with Crippen LogP contribution in [0.1, 0.15) is 39.0 Å². The molecule has 1 unspecified atom stereocenters. The third-order valence-corrected chi connectivity index (χ3v) is 4.36. The molecule has 0 aliphatic carbocycles. The molecule has 0 aromatic heterocycles. The van der Waals surface area contributed by atoms with Crippen LogP contribution in [0.4, 0.5) is 0 Å². The first-order chi connectivity index (χ1) is 8.86. The molecule has 0 saturated carbocycles. The largest absolute Gasteiger partial charge is 0.327 e. The van der Waals surface area contributed by atoms with Gasteiger partial charge < -0.3 is 0 Å². The number of thioether (sulfide) groups is 1. The molecule has 0 heterocycles. The SMILES string of the molecule is CCCC(CCCCOP=O)Sc1ccccc1. The van der Waals surface area contributed by atoms with Gasteiger partial charge in [-0.05, 0) is 31.4 Å². The zero-order valence-corrected chi connectivity index (χ0v) is 12.6. The van der Waals surface area contributed by atoms with E-state index < -0.39 is 0 Å². The van der Waals surface area contributed by atoms with E-state index in [1.54, 1.807) is 0 Å². The van der Waals surface area contributed by atoms with Gasteiger partial charge in [-0.1, -0.05) is 38.0 Å². The van der Waals surface area contributed by atoms with Crippen molar-refractivity contribution in [2.24, 2.45) is 0 Å². The lowest BCUT2D eigenvalue weighted by Crippen LogP contribution is -2.02. The van der Waals surface area contributed by atoms with Crippen molar-refractivity contribution in [3.63, 3.8) is 0 Å². The number of benzene rings is 1. The quantitative estimate of drug-likeness (QED) is 0.329. The van der Waals surface area contributed by atoms with E-state index in [0.717, 1.165) is 12.8 Å². The van der Waals surface area contributed by atoms with Gasteiger partial charge in [-0.25, -0.2) is 4.57 Å². The molecule has 0 amide bonds. The molecule has 100 valence electrons. The summed E-state index contributed by atoms with van der Waals surface area (Å²) in [4.78, 5) is 1.35. The number of rotatable bonds is 10. The van der Waals surface area contributed by atoms with Crippen molar-refractivity contribution in [1.82, 2.24) is 0 Å². The Bertz CT molecular complexity index is 319. The highest BCUT2D eigenvalue weighted by molar-refractivity contribution is 8.00. The summed E-state index contributed by atoms with van der Waals surface area (Å²) in [5.74, 6) is 0. The van der Waals surface area contributed by atoms with Crippen LogP contribution in [0, 0.1) is 0 Å². The summed E-state index contributed by atoms with van der Waals surface area (Å²) in [6.45, 7) is 2.83. The highest BCUT2D eigenvalue weighted by atomic mass is 32.2. The van der Waals surface area contributed by atoms with Crippen LogP contribution in [0.2, 0.25) is 0 Å². The van der Waals surface area contributed by atoms with Crippen LogP contribution in [0.25, 0.3) is 0 Å². The molecule has 1 aromatic rings. The van der Waals surface area contributed by atoms with Crippen molar-refractivity contribution in [1.29, 1.82) is 0 Å². The molecule has 1 atom stereocenters. The fourth-order valence-corrected chi connectivity index (χ4v) is 3.39. The number of hydrogen-bond donors (Lipinski definition) is 0. The van der Waals surface area contributed by atoms with Gasteiger partial charge in [-0.3, -0.25) is 4.52 Å². The summed E-state index contributed by atoms with van der Waals surface area (Å²) >= 11 is 1.97. The molecule has 0 N–H and O–H groups in total. The van der Waals surface area contributed by atoms with Crippen LogP contribution in [0.3, 0.4) is 0 Å². The van der Waals surface area contributed by atoms with Crippen molar-refractivity contribution in [2.45, 2.75) is 49.2 Å². The predicted octanol–water partition coefficient (Wildman–Crippen LogP) is 5.34. The molecule has 0 radical (unpaired) electrons. The Morgan fingerprint density at radius 1 is 1.22 bits per heavy atom. The average molecular weight is 284 g/mol. The van der Waals surface area contributed by atoms with Crippen molar-refractivity contribution in [2.75, 3.05) is 6.61 Å². The predicted molar refractivity (Wildman–Crippen MR) is 78.4 cm³/mol. The Kier molecular flexibility index (Phi) is 9.19. The van der Waals surface area contributed by atoms with E-state index in [0.29, 0.717) is 11.9 Å². The third-order valence-electron chi connectivity index (χ3n) is 2.72. The van der Waals surface area contributed by atoms with Gasteiger partial charge in [0.15, 0.2) is 0 Å². The first-order valence-electron chi connectivity index (χ1n) is 6.53. The fourth-order valence-electron chi connectivity index (χ4n) is 1.85. The summed E-state index contributed by atoms with van der Waals surface area (Å²) in [6, 6.07) is 10.6. The van der Waals surface area contributed by atoms with Gasteiger partial charge in [0.1, 0.15) is 0 Å². The Morgan fingerprint density at radius 3 is 2.67 bits per heavy atom. The summed E-state index contributed by atoms with van der Waals surface area (Å²) < 4.78 is 14.9. The zero-order valence-electron chi connectivity index (χ0n) is 10.9. The van der Waals surface area contributed by atoms with Crippen LogP contribution in [0.5, 0.6) is 0 Å². The lowest BCUT2D eigenvalue weighted by molar-refractivity contribution is 0.328. The minimum Gasteiger partial charge on any atom is -0.294 e. The average Bonchev–Trinajstić information content (AvgIpc) is 2.40. The van der Waals surface area contributed by atoms with Gasteiger partial charge in [0.2, 0.25) is 0 Å². The second-order valence-corrected chi connectivity index (χ2v) is 6.03. The second-order valence-electron chi connectivity index (χ2n) is 4.25. The number of hydrogen-bond acceptors (Lipinski definition) is 3. The molecule has 4 heteroatoms. The van der Waals surface area contributed by atoms with Gasteiger partial charge in [-0.2, -0.15) is 0 Å². The van der Waals surface area contributed by atoms with Crippen LogP contribution < -0.4 is 0 Å². The molecule has 0 spiro atoms. The van der Waals surface area contributed by atoms with Crippen LogP contribution in [-0.4, -0.2) is 11.9 Å². The smallest absolute Gasteiger partial charge is 0.294 e. The zero-order chi connectivity index (χ0) is 13.1. The van der Waals surface area contributed by atoms with Gasteiger partial charge in [0, 0.05) is 10.1 Å². The molecular weight excluding hydrogens is 263 g/mol. The number of unbranched alkanes of at least 4 members (excludes halogenated alkanes) is 1. The minimum atomic E-state index is -0.198. The standard InChI is InChI=1S/C14H21O2PS/c1-2-8-13(11-6-7-12-16-17-15)18-14-9-4-3-5-10-14/h3-5,9-10,13H,2,6-8,11-12H2,1H3. The monoisotopic (exact) mass is 284 g/mol. The van der Waals surface area contributed by atoms with Crippen LogP contribution in [-0.2, 0) is 9.09 Å². The minimum absolute atomic E-state index is 0.198. The van der Waals surface area contributed by atoms with E-state index >= 15 is 0 Å². The second kappa shape index (κ2) is 10.5. The Morgan fingerprint density at radius 2 is 2.00 bits per heavy atom. The summed E-state index contributed by atoms with van der Waals surface area (Å²) in [6.07, 6.45) is 5.80. The van der Waals surface area contributed by atoms with Crippen molar-refractivity contribution in [3.8, 4) is 0 Å². The van der Waals surface area contributed by atoms with Crippen LogP contribution in [0.15, 0.2) is 35.2 Å². The first-order valence-corrected chi connectivity index (χ1v) is 8.14.